The van der Waals surface area contributed by atoms with Crippen molar-refractivity contribution in [1.29, 1.82) is 0 Å². The van der Waals surface area contributed by atoms with Crippen molar-refractivity contribution in [2.45, 2.75) is 19.1 Å². The lowest BCUT2D eigenvalue weighted by Gasteiger charge is -2.43. The summed E-state index contributed by atoms with van der Waals surface area (Å²) < 4.78 is 48.4. The molecule has 4 aromatic rings. The number of ether oxygens (including phenoxy) is 4. The summed E-state index contributed by atoms with van der Waals surface area (Å²) in [6.07, 6.45) is 0. The van der Waals surface area contributed by atoms with Gasteiger partial charge in [-0.2, -0.15) is 0 Å². The summed E-state index contributed by atoms with van der Waals surface area (Å²) in [5, 5.41) is 4.30. The van der Waals surface area contributed by atoms with Crippen molar-refractivity contribution >= 4 is 76.8 Å². The van der Waals surface area contributed by atoms with Crippen LogP contribution in [0.25, 0.3) is 0 Å². The second-order valence-electron chi connectivity index (χ2n) is 15.3. The second kappa shape index (κ2) is 24.9. The molecule has 0 aliphatic carbocycles. The van der Waals surface area contributed by atoms with Gasteiger partial charge in [0.2, 0.25) is 0 Å². The number of carbonyl (C=O) groups is 5. The average Bonchev–Trinajstić information content (AvgIpc) is 3.30. The van der Waals surface area contributed by atoms with Crippen LogP contribution >= 0.6 is 35.6 Å². The number of urea groups is 2. The van der Waals surface area contributed by atoms with Crippen LogP contribution < -0.4 is 15.1 Å². The van der Waals surface area contributed by atoms with Crippen LogP contribution in [0.15, 0.2) is 84.9 Å². The molecule has 0 saturated carbocycles. The Balaban J connectivity index is 0.000000222. The van der Waals surface area contributed by atoms with Crippen molar-refractivity contribution in [3.8, 4) is 0 Å². The van der Waals surface area contributed by atoms with E-state index in [0.29, 0.717) is 91.1 Å². The zero-order valence-corrected chi connectivity index (χ0v) is 38.7. The molecule has 66 heavy (non-hydrogen) atoms. The molecule has 354 valence electrons. The zero-order chi connectivity index (χ0) is 46.5. The van der Waals surface area contributed by atoms with Crippen molar-refractivity contribution in [1.82, 2.24) is 20.0 Å². The smallest absolute Gasteiger partial charge is 0.337 e. The van der Waals surface area contributed by atoms with Crippen LogP contribution in [-0.2, 0) is 36.8 Å². The van der Waals surface area contributed by atoms with Crippen LogP contribution in [0.1, 0.15) is 31.8 Å². The highest BCUT2D eigenvalue weighted by molar-refractivity contribution is 6.31. The maximum atomic E-state index is 14.8. The second-order valence-corrected chi connectivity index (χ2v) is 16.1. The molecule has 0 atom stereocenters. The van der Waals surface area contributed by atoms with E-state index in [2.05, 4.69) is 24.4 Å². The Labute approximate surface area is 397 Å². The van der Waals surface area contributed by atoms with E-state index in [9.17, 15) is 32.8 Å². The fraction of sp³-hybridized carbons (Fsp3) is 0.370. The maximum Gasteiger partial charge on any atom is 0.337 e. The lowest BCUT2D eigenvalue weighted by Crippen LogP contribution is -2.59. The molecule has 4 aromatic carbocycles. The Kier molecular flexibility index (Phi) is 19.5. The Hall–Kier alpha value is -5.40. The van der Waals surface area contributed by atoms with Crippen LogP contribution in [0.3, 0.4) is 0 Å². The Bertz CT molecular complexity index is 2290. The number of methoxy groups -OCH3 is 2. The predicted octanol–water partition coefficient (Wildman–Crippen LogP) is 6.71. The van der Waals surface area contributed by atoms with E-state index in [1.165, 1.54) is 48.3 Å². The molecule has 4 aliphatic rings. The van der Waals surface area contributed by atoms with Crippen LogP contribution in [0.5, 0.6) is 0 Å². The first-order valence-electron chi connectivity index (χ1n) is 20.8. The number of anilines is 2. The van der Waals surface area contributed by atoms with Crippen molar-refractivity contribution in [3.63, 3.8) is 0 Å². The first-order chi connectivity index (χ1) is 31.3. The van der Waals surface area contributed by atoms with E-state index in [1.807, 2.05) is 0 Å². The van der Waals surface area contributed by atoms with E-state index in [1.54, 1.807) is 58.3 Å². The molecule has 8 rings (SSSR count). The summed E-state index contributed by atoms with van der Waals surface area (Å²) >= 11 is 12.0. The number of halogens is 5. The number of Topliss-reactive ketones (excluding diaryl/α,β-unsaturated/α-hetero) is 1. The minimum atomic E-state index is -0.615. The number of hydrogen-bond acceptors (Lipinski definition) is 11. The Morgan fingerprint density at radius 1 is 0.652 bits per heavy atom. The molecule has 0 bridgehead atoms. The highest BCUT2D eigenvalue weighted by Gasteiger charge is 2.32. The topological polar surface area (TPSA) is 150 Å². The summed E-state index contributed by atoms with van der Waals surface area (Å²) in [5.41, 5.74) is 2.07. The fourth-order valence-electron chi connectivity index (χ4n) is 7.06. The lowest BCUT2D eigenvalue weighted by atomic mass is 10.1. The molecule has 4 aliphatic heterocycles. The van der Waals surface area contributed by atoms with Gasteiger partial charge in [-0.05, 0) is 72.8 Å². The van der Waals surface area contributed by atoms with Crippen molar-refractivity contribution < 1.29 is 51.7 Å². The number of amides is 4. The van der Waals surface area contributed by atoms with Gasteiger partial charge in [-0.1, -0.05) is 35.3 Å². The van der Waals surface area contributed by atoms with Gasteiger partial charge in [0.15, 0.2) is 5.78 Å². The molecule has 1 N–H and O–H groups in total. The van der Waals surface area contributed by atoms with Crippen LogP contribution in [-0.4, -0.2) is 144 Å². The number of rotatable bonds is 9. The van der Waals surface area contributed by atoms with Crippen LogP contribution in [0.2, 0.25) is 10.0 Å². The van der Waals surface area contributed by atoms with Crippen LogP contribution in [0, 0.1) is 11.6 Å². The summed E-state index contributed by atoms with van der Waals surface area (Å²) in [4.78, 5) is 68.5. The number of hydrogen-bond donors (Lipinski definition) is 1. The molecular weight excluding hydrogens is 925 g/mol. The molecular formula is C46H51Cl3F2N6O9. The van der Waals surface area contributed by atoms with E-state index >= 15 is 0 Å². The number of piperazine rings is 2. The first-order valence-corrected chi connectivity index (χ1v) is 21.6. The van der Waals surface area contributed by atoms with E-state index in [0.717, 1.165) is 38.4 Å². The highest BCUT2D eigenvalue weighted by Crippen LogP contribution is 2.26. The fourth-order valence-corrected chi connectivity index (χ4v) is 7.31. The van der Waals surface area contributed by atoms with Gasteiger partial charge in [0.05, 0.1) is 57.7 Å². The van der Waals surface area contributed by atoms with Crippen LogP contribution in [0.4, 0.5) is 29.7 Å². The highest BCUT2D eigenvalue weighted by atomic mass is 35.5. The SMILES string of the molecule is COC(=O)c1ccc(CN(C(=O)N2CCN(C3COC3)CC2)c2ccc(Cl)cc2)c(F)c1.COC(=O)c1ccc(CN(C(=O)N2CCNCC2)c2ccc(Cl)cc2)c(F)c1.Cl.O=C1COC1. The van der Waals surface area contributed by atoms with Gasteiger partial charge in [-0.3, -0.25) is 19.5 Å². The summed E-state index contributed by atoms with van der Waals surface area (Å²) in [6.45, 7) is 7.52. The van der Waals surface area contributed by atoms with Gasteiger partial charge in [0.25, 0.3) is 0 Å². The van der Waals surface area contributed by atoms with Crippen molar-refractivity contribution in [3.05, 3.63) is 129 Å². The average molecular weight is 976 g/mol. The third-order valence-corrected chi connectivity index (χ3v) is 11.5. The van der Waals surface area contributed by atoms with Gasteiger partial charge < -0.3 is 34.1 Å². The quantitative estimate of drug-likeness (QED) is 0.178. The third kappa shape index (κ3) is 13.8. The standard InChI is InChI=1S/C23H25ClFN3O4.C20H21ClFN3O3.C3H4O2.ClH/c1-31-22(29)16-2-3-17(21(25)12-16)13-28(19-6-4-18(24)5-7-19)23(30)27-10-8-26(9-11-27)20-14-32-15-20;1-28-19(26)14-2-3-15(18(22)12-14)13-25(17-6-4-16(21)5-7-17)20(27)24-10-8-23-9-11-24;4-3-1-5-2-3;/h2-7,12,20H,8-11,13-15H2,1H3;2-7,12,23H,8-11,13H2,1H3;1-2H2;1H. The third-order valence-electron chi connectivity index (χ3n) is 11.0. The van der Waals surface area contributed by atoms with Gasteiger partial charge in [0.1, 0.15) is 24.8 Å². The minimum Gasteiger partial charge on any atom is -0.465 e. The molecule has 4 heterocycles. The summed E-state index contributed by atoms with van der Waals surface area (Å²) in [5.74, 6) is -2.16. The number of nitrogens with one attached hydrogen (secondary N) is 1. The number of ketones is 1. The number of benzene rings is 4. The number of esters is 2. The molecule has 15 nitrogen and oxygen atoms in total. The molecule has 20 heteroatoms. The number of nitrogens with zero attached hydrogens (tertiary/aromatic N) is 5. The Morgan fingerprint density at radius 3 is 1.39 bits per heavy atom. The first kappa shape index (κ1) is 51.6. The normalized spacial score (nSPS) is 15.8. The van der Waals surface area contributed by atoms with E-state index in [-0.39, 0.29) is 54.5 Å². The zero-order valence-electron chi connectivity index (χ0n) is 36.4. The summed E-state index contributed by atoms with van der Waals surface area (Å²) in [7, 11) is 2.48. The number of carbonyl (C=O) groups excluding carboxylic acids is 5. The molecule has 4 amide bonds. The van der Waals surface area contributed by atoms with Gasteiger partial charge in [0, 0.05) is 84.9 Å². The molecule has 0 radical (unpaired) electrons. The molecule has 0 unspecified atom stereocenters. The molecule has 0 spiro atoms. The Morgan fingerprint density at radius 2 is 1.06 bits per heavy atom. The molecule has 4 fully saturated rings. The van der Waals surface area contributed by atoms with Crippen molar-refractivity contribution in [2.75, 3.05) is 103 Å². The van der Waals surface area contributed by atoms with Gasteiger partial charge >= 0.3 is 24.0 Å². The van der Waals surface area contributed by atoms with Gasteiger partial charge in [-0.25, -0.2) is 28.0 Å². The lowest BCUT2D eigenvalue weighted by molar-refractivity contribution is -0.140. The largest absolute Gasteiger partial charge is 0.465 e. The van der Waals surface area contributed by atoms with Gasteiger partial charge in [-0.15, -0.1) is 12.4 Å². The minimum absolute atomic E-state index is 0. The van der Waals surface area contributed by atoms with Crippen molar-refractivity contribution in [2.24, 2.45) is 0 Å². The monoisotopic (exact) mass is 974 g/mol. The maximum absolute atomic E-state index is 14.8. The summed E-state index contributed by atoms with van der Waals surface area (Å²) in [6, 6.07) is 22.0. The predicted molar refractivity (Wildman–Crippen MR) is 247 cm³/mol. The van der Waals surface area contributed by atoms with E-state index < -0.39 is 23.6 Å². The molecule has 0 aromatic heterocycles. The van der Waals surface area contributed by atoms with E-state index in [4.69, 9.17) is 27.9 Å². The molecule has 4 saturated heterocycles.